The Morgan fingerprint density at radius 2 is 1.56 bits per heavy atom. The fraction of sp³-hybridized carbons (Fsp3) is 0.350. The molecule has 1 aliphatic heterocycles. The summed E-state index contributed by atoms with van der Waals surface area (Å²) in [4.78, 5) is 16.7. The maximum atomic E-state index is 13.1. The third kappa shape index (κ3) is 4.60. The van der Waals surface area contributed by atoms with Crippen LogP contribution in [-0.2, 0) is 11.0 Å². The number of halogens is 3. The van der Waals surface area contributed by atoms with Crippen LogP contribution in [0.5, 0.6) is 0 Å². The van der Waals surface area contributed by atoms with Crippen molar-refractivity contribution in [3.63, 3.8) is 0 Å². The summed E-state index contributed by atoms with van der Waals surface area (Å²) in [5.41, 5.74) is 0.0950. The van der Waals surface area contributed by atoms with Gasteiger partial charge in [-0.05, 0) is 31.2 Å². The molecular formula is C20H22F3N3O. The predicted molar refractivity (Wildman–Crippen MR) is 99.8 cm³/mol. The van der Waals surface area contributed by atoms with Crippen molar-refractivity contribution in [2.45, 2.75) is 19.1 Å². The van der Waals surface area contributed by atoms with Crippen LogP contribution in [0.3, 0.4) is 0 Å². The van der Waals surface area contributed by atoms with Crippen LogP contribution >= 0.6 is 0 Å². The summed E-state index contributed by atoms with van der Waals surface area (Å²) in [5.74, 6) is -0.431. The minimum absolute atomic E-state index is 0.204. The largest absolute Gasteiger partial charge is 0.418 e. The van der Waals surface area contributed by atoms with Crippen molar-refractivity contribution in [2.75, 3.05) is 36.4 Å². The van der Waals surface area contributed by atoms with Gasteiger partial charge in [-0.15, -0.1) is 0 Å². The molecule has 0 unspecified atom stereocenters. The summed E-state index contributed by atoms with van der Waals surface area (Å²) in [5, 5.41) is 2.44. The van der Waals surface area contributed by atoms with E-state index >= 15 is 0 Å². The number of benzene rings is 2. The molecule has 1 fully saturated rings. The zero-order valence-corrected chi connectivity index (χ0v) is 15.0. The molecule has 1 N–H and O–H groups in total. The van der Waals surface area contributed by atoms with Gasteiger partial charge in [0.2, 0.25) is 5.91 Å². The SMILES string of the molecule is C[C@@H](C(=O)Nc1ccccc1C(F)(F)F)N1CCN(c2ccccc2)CC1. The van der Waals surface area contributed by atoms with E-state index in [1.807, 2.05) is 35.2 Å². The number of nitrogens with zero attached hydrogens (tertiary/aromatic N) is 2. The fourth-order valence-corrected chi connectivity index (χ4v) is 3.25. The standard InChI is InChI=1S/C20H22F3N3O/c1-15(19(27)24-18-10-6-5-9-17(18)20(21,22)23)25-11-13-26(14-12-25)16-7-3-2-4-8-16/h2-10,15H,11-14H2,1H3,(H,24,27)/t15-/m0/s1. The van der Waals surface area contributed by atoms with Gasteiger partial charge in [-0.1, -0.05) is 30.3 Å². The highest BCUT2D eigenvalue weighted by Crippen LogP contribution is 2.34. The van der Waals surface area contributed by atoms with E-state index < -0.39 is 23.7 Å². The van der Waals surface area contributed by atoms with Crippen LogP contribution < -0.4 is 10.2 Å². The number of anilines is 2. The second-order valence-corrected chi connectivity index (χ2v) is 6.57. The topological polar surface area (TPSA) is 35.6 Å². The quantitative estimate of drug-likeness (QED) is 0.879. The number of nitrogens with one attached hydrogen (secondary N) is 1. The average Bonchev–Trinajstić information content (AvgIpc) is 2.68. The monoisotopic (exact) mass is 377 g/mol. The molecule has 2 aromatic rings. The lowest BCUT2D eigenvalue weighted by Crippen LogP contribution is -2.52. The van der Waals surface area contributed by atoms with Crippen LogP contribution in [0, 0.1) is 0 Å². The molecule has 27 heavy (non-hydrogen) atoms. The molecule has 2 aromatic carbocycles. The Hall–Kier alpha value is -2.54. The molecule has 1 amide bonds. The Balaban J connectivity index is 1.61. The van der Waals surface area contributed by atoms with Crippen molar-refractivity contribution in [3.8, 4) is 0 Å². The van der Waals surface area contributed by atoms with Gasteiger partial charge < -0.3 is 10.2 Å². The summed E-state index contributed by atoms with van der Waals surface area (Å²) in [6.07, 6.45) is -4.51. The molecule has 1 heterocycles. The predicted octanol–water partition coefficient (Wildman–Crippen LogP) is 3.85. The normalized spacial score (nSPS) is 16.8. The number of hydrogen-bond acceptors (Lipinski definition) is 3. The Kier molecular flexibility index (Phi) is 5.70. The van der Waals surface area contributed by atoms with Gasteiger partial charge in [-0.3, -0.25) is 9.69 Å². The molecule has 1 aliphatic rings. The van der Waals surface area contributed by atoms with E-state index in [4.69, 9.17) is 0 Å². The van der Waals surface area contributed by atoms with Crippen LogP contribution in [0.1, 0.15) is 12.5 Å². The van der Waals surface area contributed by atoms with Crippen molar-refractivity contribution < 1.29 is 18.0 Å². The van der Waals surface area contributed by atoms with E-state index in [-0.39, 0.29) is 5.69 Å². The molecule has 1 saturated heterocycles. The summed E-state index contributed by atoms with van der Waals surface area (Å²) in [6, 6.07) is 14.5. The zero-order chi connectivity index (χ0) is 19.4. The van der Waals surface area contributed by atoms with Gasteiger partial charge in [0.25, 0.3) is 0 Å². The van der Waals surface area contributed by atoms with Gasteiger partial charge in [0.05, 0.1) is 17.3 Å². The van der Waals surface area contributed by atoms with Gasteiger partial charge in [0.1, 0.15) is 0 Å². The Bertz CT molecular complexity index is 772. The lowest BCUT2D eigenvalue weighted by molar-refractivity contribution is -0.137. The third-order valence-electron chi connectivity index (χ3n) is 4.85. The maximum Gasteiger partial charge on any atom is 0.418 e. The maximum absolute atomic E-state index is 13.1. The molecule has 1 atom stereocenters. The van der Waals surface area contributed by atoms with Gasteiger partial charge in [0.15, 0.2) is 0 Å². The van der Waals surface area contributed by atoms with E-state index in [0.29, 0.717) is 13.1 Å². The summed E-state index contributed by atoms with van der Waals surface area (Å²) >= 11 is 0. The number of alkyl halides is 3. The van der Waals surface area contributed by atoms with Gasteiger partial charge in [-0.2, -0.15) is 13.2 Å². The molecular weight excluding hydrogens is 355 g/mol. The first-order valence-electron chi connectivity index (χ1n) is 8.87. The Morgan fingerprint density at radius 3 is 2.19 bits per heavy atom. The smallest absolute Gasteiger partial charge is 0.369 e. The number of hydrogen-bond donors (Lipinski definition) is 1. The van der Waals surface area contributed by atoms with Gasteiger partial charge >= 0.3 is 6.18 Å². The van der Waals surface area contributed by atoms with Gasteiger partial charge in [-0.25, -0.2) is 0 Å². The first-order valence-corrected chi connectivity index (χ1v) is 8.87. The molecule has 0 bridgehead atoms. The number of carbonyl (C=O) groups excluding carboxylic acids is 1. The van der Waals surface area contributed by atoms with E-state index in [9.17, 15) is 18.0 Å². The van der Waals surface area contributed by atoms with E-state index in [0.717, 1.165) is 24.8 Å². The van der Waals surface area contributed by atoms with Crippen LogP contribution in [-0.4, -0.2) is 43.0 Å². The van der Waals surface area contributed by atoms with Crippen LogP contribution in [0.4, 0.5) is 24.5 Å². The van der Waals surface area contributed by atoms with Crippen LogP contribution in [0.25, 0.3) is 0 Å². The molecule has 0 aliphatic carbocycles. The summed E-state index contributed by atoms with van der Waals surface area (Å²) < 4.78 is 39.3. The van der Waals surface area contributed by atoms with Crippen molar-refractivity contribution in [1.29, 1.82) is 0 Å². The minimum Gasteiger partial charge on any atom is -0.369 e. The second-order valence-electron chi connectivity index (χ2n) is 6.57. The highest BCUT2D eigenvalue weighted by atomic mass is 19.4. The van der Waals surface area contributed by atoms with Crippen molar-refractivity contribution in [3.05, 3.63) is 60.2 Å². The third-order valence-corrected chi connectivity index (χ3v) is 4.85. The Labute approximate surface area is 156 Å². The molecule has 144 valence electrons. The van der Waals surface area contributed by atoms with E-state index in [1.165, 1.54) is 18.2 Å². The zero-order valence-electron chi connectivity index (χ0n) is 15.0. The number of piperazine rings is 1. The lowest BCUT2D eigenvalue weighted by Gasteiger charge is -2.38. The first-order chi connectivity index (χ1) is 12.9. The van der Waals surface area contributed by atoms with E-state index in [2.05, 4.69) is 10.2 Å². The number of rotatable bonds is 4. The number of amides is 1. The Morgan fingerprint density at radius 1 is 0.963 bits per heavy atom. The fourth-order valence-electron chi connectivity index (χ4n) is 3.25. The van der Waals surface area contributed by atoms with E-state index in [1.54, 1.807) is 6.92 Å². The average molecular weight is 377 g/mol. The van der Waals surface area contributed by atoms with Crippen molar-refractivity contribution in [2.24, 2.45) is 0 Å². The van der Waals surface area contributed by atoms with Gasteiger partial charge in [0, 0.05) is 31.9 Å². The molecule has 4 nitrogen and oxygen atoms in total. The molecule has 0 spiro atoms. The highest BCUT2D eigenvalue weighted by molar-refractivity contribution is 5.95. The lowest BCUT2D eigenvalue weighted by atomic mass is 10.1. The van der Waals surface area contributed by atoms with Crippen LogP contribution in [0.15, 0.2) is 54.6 Å². The molecule has 3 rings (SSSR count). The molecule has 0 aromatic heterocycles. The molecule has 7 heteroatoms. The summed E-state index contributed by atoms with van der Waals surface area (Å²) in [7, 11) is 0. The minimum atomic E-state index is -4.51. The molecule has 0 radical (unpaired) electrons. The number of para-hydroxylation sites is 2. The first kappa shape index (κ1) is 19.2. The second kappa shape index (κ2) is 8.00. The van der Waals surface area contributed by atoms with Crippen LogP contribution in [0.2, 0.25) is 0 Å². The number of carbonyl (C=O) groups is 1. The summed E-state index contributed by atoms with van der Waals surface area (Å²) in [6.45, 7) is 4.60. The molecule has 0 saturated carbocycles. The van der Waals surface area contributed by atoms with Crippen molar-refractivity contribution in [1.82, 2.24) is 4.90 Å². The van der Waals surface area contributed by atoms with Crippen molar-refractivity contribution >= 4 is 17.3 Å². The highest BCUT2D eigenvalue weighted by Gasteiger charge is 2.34.